The molecule has 2 aromatic carbocycles. The number of rotatable bonds is 11. The number of amidine groups is 1. The minimum Gasteiger partial charge on any atom is -0.494 e. The number of ether oxygens (including phenoxy) is 1. The molecule has 1 heterocycles. The molecular formula is C25H29N5O3. The summed E-state index contributed by atoms with van der Waals surface area (Å²) in [5.74, 6) is 0.277. The van der Waals surface area contributed by atoms with Crippen molar-refractivity contribution < 1.29 is 14.6 Å². The van der Waals surface area contributed by atoms with E-state index >= 15 is 0 Å². The summed E-state index contributed by atoms with van der Waals surface area (Å²) in [4.78, 5) is 16.9. The monoisotopic (exact) mass is 447 g/mol. The first kappa shape index (κ1) is 23.6. The molecule has 0 saturated carbocycles. The third-order valence-electron chi connectivity index (χ3n) is 5.36. The van der Waals surface area contributed by atoms with E-state index in [1.165, 1.54) is 0 Å². The van der Waals surface area contributed by atoms with Crippen LogP contribution in [0.4, 0.5) is 11.5 Å². The molecule has 8 heteroatoms. The molecule has 0 amide bonds. The molecule has 8 nitrogen and oxygen atoms in total. The summed E-state index contributed by atoms with van der Waals surface area (Å²) in [5, 5.41) is 24.3. The molecule has 3 aromatic rings. The number of nitrogens with zero attached hydrogens (tertiary/aromatic N) is 1. The Morgan fingerprint density at radius 1 is 1.15 bits per heavy atom. The fourth-order valence-corrected chi connectivity index (χ4v) is 3.59. The number of benzene rings is 2. The van der Waals surface area contributed by atoms with Crippen LogP contribution in [-0.4, -0.2) is 28.5 Å². The van der Waals surface area contributed by atoms with E-state index in [1.54, 1.807) is 36.5 Å². The number of nitrogen functional groups attached to an aromatic ring is 1. The lowest BCUT2D eigenvalue weighted by Crippen LogP contribution is -2.43. The maximum absolute atomic E-state index is 12.6. The van der Waals surface area contributed by atoms with Crippen LogP contribution in [0.3, 0.4) is 0 Å². The average molecular weight is 448 g/mol. The molecule has 6 N–H and O–H groups in total. The van der Waals surface area contributed by atoms with Gasteiger partial charge in [0.05, 0.1) is 6.61 Å². The van der Waals surface area contributed by atoms with Crippen LogP contribution in [0.15, 0.2) is 66.9 Å². The lowest BCUT2D eigenvalue weighted by Gasteiger charge is -2.32. The van der Waals surface area contributed by atoms with Crippen LogP contribution in [0, 0.1) is 5.41 Å². The van der Waals surface area contributed by atoms with Gasteiger partial charge in [-0.25, -0.2) is 9.78 Å². The number of aromatic nitrogens is 1. The Kier molecular flexibility index (Phi) is 7.50. The summed E-state index contributed by atoms with van der Waals surface area (Å²) in [7, 11) is 0. The van der Waals surface area contributed by atoms with Gasteiger partial charge in [0.2, 0.25) is 0 Å². The van der Waals surface area contributed by atoms with Crippen molar-refractivity contribution in [3.63, 3.8) is 0 Å². The highest BCUT2D eigenvalue weighted by Gasteiger charge is 2.39. The van der Waals surface area contributed by atoms with Crippen LogP contribution in [0.1, 0.15) is 37.0 Å². The lowest BCUT2D eigenvalue weighted by atomic mass is 9.85. The number of anilines is 2. The van der Waals surface area contributed by atoms with Gasteiger partial charge >= 0.3 is 5.97 Å². The van der Waals surface area contributed by atoms with Crippen molar-refractivity contribution in [3.05, 3.63) is 83.6 Å². The standard InChI is InChI=1S/C25H29N5O3/c1-3-25(24(31)32,30-20-10-8-18(9-11-20)23(26)27)19-13-17(14-21(15-19)33-4-2)16-29-22-7-5-6-12-28-22/h5-15,30H,3-4,16H2,1-2H3,(H3,26,27)(H,28,29)(H,31,32). The second-order valence-electron chi connectivity index (χ2n) is 7.55. The maximum Gasteiger partial charge on any atom is 0.334 e. The molecule has 0 spiro atoms. The van der Waals surface area contributed by atoms with Gasteiger partial charge in [0.25, 0.3) is 0 Å². The van der Waals surface area contributed by atoms with E-state index in [0.29, 0.717) is 42.1 Å². The molecule has 1 atom stereocenters. The first-order valence-electron chi connectivity index (χ1n) is 10.8. The highest BCUT2D eigenvalue weighted by molar-refractivity contribution is 5.95. The van der Waals surface area contributed by atoms with Crippen molar-refractivity contribution in [1.29, 1.82) is 5.41 Å². The quantitative estimate of drug-likeness (QED) is 0.220. The van der Waals surface area contributed by atoms with Crippen molar-refractivity contribution in [2.24, 2.45) is 5.73 Å². The highest BCUT2D eigenvalue weighted by Crippen LogP contribution is 2.34. The van der Waals surface area contributed by atoms with Gasteiger partial charge in [0.15, 0.2) is 5.54 Å². The summed E-state index contributed by atoms with van der Waals surface area (Å²) in [6, 6.07) is 18.0. The molecule has 172 valence electrons. The van der Waals surface area contributed by atoms with E-state index in [2.05, 4.69) is 15.6 Å². The van der Waals surface area contributed by atoms with Gasteiger partial charge in [-0.05, 0) is 73.0 Å². The Labute approximate surface area is 193 Å². The van der Waals surface area contributed by atoms with Gasteiger partial charge in [-0.1, -0.05) is 19.1 Å². The number of carboxylic acid groups (broad SMARTS) is 1. The van der Waals surface area contributed by atoms with Crippen molar-refractivity contribution in [2.45, 2.75) is 32.4 Å². The van der Waals surface area contributed by atoms with E-state index in [4.69, 9.17) is 15.9 Å². The van der Waals surface area contributed by atoms with Crippen molar-refractivity contribution >= 4 is 23.3 Å². The normalized spacial score (nSPS) is 12.4. The Bertz CT molecular complexity index is 1100. The molecule has 0 bridgehead atoms. The van der Waals surface area contributed by atoms with E-state index in [0.717, 1.165) is 11.4 Å². The number of aliphatic carboxylic acids is 1. The molecule has 1 aromatic heterocycles. The van der Waals surface area contributed by atoms with Gasteiger partial charge in [-0.15, -0.1) is 0 Å². The van der Waals surface area contributed by atoms with Gasteiger partial charge in [-0.3, -0.25) is 5.41 Å². The predicted molar refractivity (Wildman–Crippen MR) is 130 cm³/mol. The second-order valence-corrected chi connectivity index (χ2v) is 7.55. The smallest absolute Gasteiger partial charge is 0.334 e. The zero-order valence-electron chi connectivity index (χ0n) is 18.8. The zero-order valence-corrected chi connectivity index (χ0v) is 18.8. The molecule has 0 aliphatic heterocycles. The first-order chi connectivity index (χ1) is 15.9. The lowest BCUT2D eigenvalue weighted by molar-refractivity contribution is -0.142. The summed E-state index contributed by atoms with van der Waals surface area (Å²) in [6.45, 7) is 4.63. The minimum absolute atomic E-state index is 0.0454. The van der Waals surface area contributed by atoms with E-state index in [-0.39, 0.29) is 5.84 Å². The predicted octanol–water partition coefficient (Wildman–Crippen LogP) is 4.18. The van der Waals surface area contributed by atoms with Gasteiger partial charge < -0.3 is 26.2 Å². The Hall–Kier alpha value is -4.07. The van der Waals surface area contributed by atoms with Crippen molar-refractivity contribution in [1.82, 2.24) is 4.98 Å². The Balaban J connectivity index is 1.98. The third kappa shape index (κ3) is 5.60. The van der Waals surface area contributed by atoms with E-state index < -0.39 is 11.5 Å². The fraction of sp³-hybridized carbons (Fsp3) is 0.240. The molecule has 0 fully saturated rings. The van der Waals surface area contributed by atoms with Crippen molar-refractivity contribution in [3.8, 4) is 5.75 Å². The molecule has 0 radical (unpaired) electrons. The number of pyridine rings is 1. The van der Waals surface area contributed by atoms with Gasteiger partial charge in [0.1, 0.15) is 17.4 Å². The van der Waals surface area contributed by atoms with Crippen LogP contribution >= 0.6 is 0 Å². The SMILES string of the molecule is CCOc1cc(CNc2ccccn2)cc(C(CC)(Nc2ccc(C(=N)N)cc2)C(=O)O)c1. The number of nitrogens with one attached hydrogen (secondary N) is 3. The second kappa shape index (κ2) is 10.5. The Morgan fingerprint density at radius 3 is 2.48 bits per heavy atom. The summed E-state index contributed by atoms with van der Waals surface area (Å²) < 4.78 is 5.75. The van der Waals surface area contributed by atoms with Crippen LogP contribution in [0.25, 0.3) is 0 Å². The maximum atomic E-state index is 12.6. The van der Waals surface area contributed by atoms with Crippen LogP contribution in [0.5, 0.6) is 5.75 Å². The van der Waals surface area contributed by atoms with E-state index in [9.17, 15) is 9.90 Å². The minimum atomic E-state index is -1.38. The molecular weight excluding hydrogens is 418 g/mol. The van der Waals surface area contributed by atoms with Crippen LogP contribution < -0.4 is 21.1 Å². The molecule has 1 unspecified atom stereocenters. The summed E-state index contributed by atoms with van der Waals surface area (Å²) in [6.07, 6.45) is 2.00. The van der Waals surface area contributed by atoms with Crippen LogP contribution in [0.2, 0.25) is 0 Å². The number of carboxylic acids is 1. The summed E-state index contributed by atoms with van der Waals surface area (Å²) >= 11 is 0. The molecule has 0 aliphatic rings. The van der Waals surface area contributed by atoms with E-state index in [1.807, 2.05) is 44.2 Å². The molecule has 0 aliphatic carbocycles. The number of hydrogen-bond donors (Lipinski definition) is 5. The summed E-state index contributed by atoms with van der Waals surface area (Å²) in [5.41, 5.74) is 6.78. The third-order valence-corrected chi connectivity index (χ3v) is 5.36. The number of nitrogens with two attached hydrogens (primary N) is 1. The molecule has 33 heavy (non-hydrogen) atoms. The number of carbonyl (C=O) groups is 1. The van der Waals surface area contributed by atoms with Gasteiger partial charge in [0, 0.05) is 24.0 Å². The molecule has 0 saturated heterocycles. The number of hydrogen-bond acceptors (Lipinski definition) is 6. The average Bonchev–Trinajstić information content (AvgIpc) is 2.82. The van der Waals surface area contributed by atoms with Crippen molar-refractivity contribution in [2.75, 3.05) is 17.2 Å². The van der Waals surface area contributed by atoms with Crippen LogP contribution in [-0.2, 0) is 16.9 Å². The largest absolute Gasteiger partial charge is 0.494 e. The highest BCUT2D eigenvalue weighted by atomic mass is 16.5. The molecule has 3 rings (SSSR count). The van der Waals surface area contributed by atoms with Gasteiger partial charge in [-0.2, -0.15) is 0 Å². The fourth-order valence-electron chi connectivity index (χ4n) is 3.59. The first-order valence-corrected chi connectivity index (χ1v) is 10.8. The Morgan fingerprint density at radius 2 is 1.91 bits per heavy atom. The topological polar surface area (TPSA) is 133 Å². The zero-order chi connectivity index (χ0) is 23.8.